The summed E-state index contributed by atoms with van der Waals surface area (Å²) in [7, 11) is 2.77. The predicted octanol–water partition coefficient (Wildman–Crippen LogP) is 4.87. The summed E-state index contributed by atoms with van der Waals surface area (Å²) < 4.78 is 57.0. The summed E-state index contributed by atoms with van der Waals surface area (Å²) in [5, 5.41) is 18.6. The van der Waals surface area contributed by atoms with Gasteiger partial charge < -0.3 is 9.47 Å². The molecule has 0 aliphatic heterocycles. The number of benzene rings is 3. The molecule has 0 atom stereocenters. The van der Waals surface area contributed by atoms with E-state index in [1.54, 1.807) is 0 Å². The van der Waals surface area contributed by atoms with E-state index in [1.807, 2.05) is 12.1 Å². The van der Waals surface area contributed by atoms with Crippen molar-refractivity contribution in [3.05, 3.63) is 71.8 Å². The number of hydrogen-bond acceptors (Lipinski definition) is 8. The summed E-state index contributed by atoms with van der Waals surface area (Å²) in [6, 6.07) is 16.7. The molecule has 8 nitrogen and oxygen atoms in total. The van der Waals surface area contributed by atoms with Gasteiger partial charge in [0.25, 0.3) is 18.1 Å². The van der Waals surface area contributed by atoms with Crippen LogP contribution in [-0.2, 0) is 18.1 Å². The van der Waals surface area contributed by atoms with Crippen molar-refractivity contribution in [3.8, 4) is 35.1 Å². The summed E-state index contributed by atoms with van der Waals surface area (Å²) in [5.74, 6) is 0.513. The zero-order chi connectivity index (χ0) is 23.5. The summed E-state index contributed by atoms with van der Waals surface area (Å²) >= 11 is 0. The van der Waals surface area contributed by atoms with Gasteiger partial charge in [0.1, 0.15) is 23.6 Å². The Morgan fingerprint density at radius 1 is 0.625 bits per heavy atom. The molecule has 0 unspecified atom stereocenters. The predicted molar refractivity (Wildman–Crippen MR) is 115 cm³/mol. The van der Waals surface area contributed by atoms with E-state index in [2.05, 4.69) is 0 Å². The Hall–Kier alpha value is -3.28. The van der Waals surface area contributed by atoms with Gasteiger partial charge in [0.2, 0.25) is 0 Å². The Morgan fingerprint density at radius 3 is 1.19 bits per heavy atom. The second-order valence-electron chi connectivity index (χ2n) is 6.09. The molecule has 0 N–H and O–H groups in total. The molecule has 32 heavy (non-hydrogen) atoms. The Labute approximate surface area is 192 Å². The Kier molecular flexibility index (Phi) is 6.63. The molecule has 0 heterocycles. The largest absolute Gasteiger partial charge is 0.453 e. The zero-order valence-corrected chi connectivity index (χ0v) is 18.8. The molecule has 3 aromatic rings. The monoisotopic (exact) mass is 508 g/mol. The minimum absolute atomic E-state index is 0.0263. The highest BCUT2D eigenvalue weighted by Gasteiger charge is 2.16. The average Bonchev–Trinajstić information content (AvgIpc) is 2.74. The van der Waals surface area contributed by atoms with Crippen LogP contribution in [0.4, 0.5) is 0 Å². The van der Waals surface area contributed by atoms with Gasteiger partial charge in [-0.15, -0.1) is 0 Å². The van der Waals surface area contributed by atoms with Crippen LogP contribution in [0.25, 0.3) is 0 Å². The van der Waals surface area contributed by atoms with Crippen molar-refractivity contribution in [2.45, 2.75) is 9.79 Å². The second kappa shape index (κ2) is 9.07. The fourth-order valence-electron chi connectivity index (χ4n) is 2.50. The van der Waals surface area contributed by atoms with Gasteiger partial charge in [-0.2, -0.15) is 10.5 Å². The third kappa shape index (κ3) is 5.49. The van der Waals surface area contributed by atoms with E-state index in [1.165, 1.54) is 60.7 Å². The smallest absolute Gasteiger partial charge is 0.261 e. The molecule has 162 valence electrons. The highest BCUT2D eigenvalue weighted by atomic mass is 35.7. The molecule has 0 aromatic heterocycles. The molecule has 12 heteroatoms. The molecule has 0 saturated heterocycles. The second-order valence-corrected chi connectivity index (χ2v) is 11.2. The fraction of sp³-hybridized carbons (Fsp3) is 0. The van der Waals surface area contributed by atoms with E-state index < -0.39 is 18.1 Å². The summed E-state index contributed by atoms with van der Waals surface area (Å²) in [6.07, 6.45) is 0. The van der Waals surface area contributed by atoms with Crippen molar-refractivity contribution in [1.82, 2.24) is 0 Å². The van der Waals surface area contributed by atoms with Crippen molar-refractivity contribution in [3.63, 3.8) is 0 Å². The molecular weight excluding hydrogens is 499 g/mol. The molecule has 0 aliphatic rings. The van der Waals surface area contributed by atoms with E-state index >= 15 is 0 Å². The van der Waals surface area contributed by atoms with Crippen LogP contribution in [0.5, 0.6) is 23.0 Å². The summed E-state index contributed by atoms with van der Waals surface area (Å²) in [5.41, 5.74) is 0.0526. The number of hydrogen-bond donors (Lipinski definition) is 0. The molecule has 0 radical (unpaired) electrons. The van der Waals surface area contributed by atoms with Crippen LogP contribution in [0.2, 0.25) is 0 Å². The highest BCUT2D eigenvalue weighted by Crippen LogP contribution is 2.37. The van der Waals surface area contributed by atoms with Crippen molar-refractivity contribution >= 4 is 39.5 Å². The number of nitriles is 2. The minimum atomic E-state index is -3.91. The average molecular weight is 509 g/mol. The SMILES string of the molecule is N#Cc1cc(Oc2ccc(S(=O)(=O)Cl)cc2)c(Oc2ccc(S(=O)(=O)Cl)cc2)cc1C#N. The lowest BCUT2D eigenvalue weighted by molar-refractivity contribution is 0.418. The number of rotatable bonds is 6. The van der Waals surface area contributed by atoms with Crippen LogP contribution in [0.1, 0.15) is 11.1 Å². The molecule has 3 aromatic carbocycles. The van der Waals surface area contributed by atoms with Gasteiger partial charge in [-0.05, 0) is 48.5 Å². The number of ether oxygens (including phenoxy) is 2. The van der Waals surface area contributed by atoms with Crippen LogP contribution in [0, 0.1) is 22.7 Å². The van der Waals surface area contributed by atoms with Gasteiger partial charge in [0.15, 0.2) is 11.5 Å². The van der Waals surface area contributed by atoms with Gasteiger partial charge in [-0.3, -0.25) is 0 Å². The van der Waals surface area contributed by atoms with E-state index in [0.717, 1.165) is 0 Å². The first kappa shape index (κ1) is 23.4. The fourth-order valence-corrected chi connectivity index (χ4v) is 4.04. The van der Waals surface area contributed by atoms with Gasteiger partial charge >= 0.3 is 0 Å². The van der Waals surface area contributed by atoms with Crippen LogP contribution >= 0.6 is 21.4 Å². The molecule has 0 bridgehead atoms. The lowest BCUT2D eigenvalue weighted by atomic mass is 10.1. The highest BCUT2D eigenvalue weighted by molar-refractivity contribution is 8.14. The van der Waals surface area contributed by atoms with Gasteiger partial charge in [0.05, 0.1) is 20.9 Å². The van der Waals surface area contributed by atoms with Gasteiger partial charge in [-0.1, -0.05) is 0 Å². The van der Waals surface area contributed by atoms with Gasteiger partial charge in [-0.25, -0.2) is 16.8 Å². The van der Waals surface area contributed by atoms with Crippen LogP contribution < -0.4 is 9.47 Å². The Balaban J connectivity index is 2.00. The topological polar surface area (TPSA) is 134 Å². The Bertz CT molecular complexity index is 1360. The molecule has 0 amide bonds. The molecule has 0 fully saturated rings. The maximum Gasteiger partial charge on any atom is 0.261 e. The molecule has 0 spiro atoms. The maximum atomic E-state index is 11.4. The van der Waals surface area contributed by atoms with Crippen molar-refractivity contribution in [1.29, 1.82) is 10.5 Å². The minimum Gasteiger partial charge on any atom is -0.453 e. The van der Waals surface area contributed by atoms with Crippen LogP contribution in [0.3, 0.4) is 0 Å². The Morgan fingerprint density at radius 2 is 0.938 bits per heavy atom. The van der Waals surface area contributed by atoms with E-state index in [-0.39, 0.29) is 43.9 Å². The zero-order valence-electron chi connectivity index (χ0n) is 15.7. The maximum absolute atomic E-state index is 11.4. The lowest BCUT2D eigenvalue weighted by Gasteiger charge is -2.14. The summed E-state index contributed by atoms with van der Waals surface area (Å²) in [6.45, 7) is 0. The van der Waals surface area contributed by atoms with E-state index in [9.17, 15) is 27.4 Å². The van der Waals surface area contributed by atoms with Crippen LogP contribution in [0.15, 0.2) is 70.5 Å². The molecular formula is C20H10Cl2N2O6S2. The standard InChI is InChI=1S/C20H10Cl2N2O6S2/c21-31(25,26)17-5-1-15(2-6-17)29-19-9-13(11-23)14(12-24)10-20(19)30-16-3-7-18(8-4-16)32(22,27)28/h1-10H. The van der Waals surface area contributed by atoms with Crippen molar-refractivity contribution < 1.29 is 26.3 Å². The number of nitrogens with zero attached hydrogens (tertiary/aromatic N) is 2. The first-order chi connectivity index (χ1) is 15.0. The van der Waals surface area contributed by atoms with Gasteiger partial charge in [0, 0.05) is 33.5 Å². The molecule has 0 saturated carbocycles. The molecule has 3 rings (SSSR count). The molecule has 0 aliphatic carbocycles. The third-order valence-electron chi connectivity index (χ3n) is 3.99. The lowest BCUT2D eigenvalue weighted by Crippen LogP contribution is -1.96. The van der Waals surface area contributed by atoms with E-state index in [4.69, 9.17) is 30.8 Å². The van der Waals surface area contributed by atoms with Crippen LogP contribution in [-0.4, -0.2) is 16.8 Å². The van der Waals surface area contributed by atoms with Crippen molar-refractivity contribution in [2.24, 2.45) is 0 Å². The third-order valence-corrected chi connectivity index (χ3v) is 6.73. The normalized spacial score (nSPS) is 11.2. The number of halogens is 2. The summed E-state index contributed by atoms with van der Waals surface area (Å²) in [4.78, 5) is -0.260. The van der Waals surface area contributed by atoms with Crippen molar-refractivity contribution in [2.75, 3.05) is 0 Å². The first-order valence-electron chi connectivity index (χ1n) is 8.44. The van der Waals surface area contributed by atoms with E-state index in [0.29, 0.717) is 0 Å². The quantitative estimate of drug-likeness (QED) is 0.430. The first-order valence-corrected chi connectivity index (χ1v) is 13.1.